The average Bonchev–Trinajstić information content (AvgIpc) is 3.18. The first kappa shape index (κ1) is 24.4. The molecule has 2 aromatic carbocycles. The molecule has 2 heterocycles. The third-order valence-corrected chi connectivity index (χ3v) is 6.19. The van der Waals surface area contributed by atoms with Gasteiger partial charge in [-0.25, -0.2) is 0 Å². The molecule has 1 saturated heterocycles. The van der Waals surface area contributed by atoms with Crippen molar-refractivity contribution in [1.29, 1.82) is 0 Å². The van der Waals surface area contributed by atoms with E-state index in [0.717, 1.165) is 57.3 Å². The van der Waals surface area contributed by atoms with Crippen LogP contribution < -0.4 is 15.4 Å². The number of carbonyl (C=O) groups excluding carboxylic acids is 1. The fourth-order valence-corrected chi connectivity index (χ4v) is 4.42. The van der Waals surface area contributed by atoms with Crippen molar-refractivity contribution in [3.05, 3.63) is 65.7 Å². The Hall–Kier alpha value is -2.29. The highest BCUT2D eigenvalue weighted by Gasteiger charge is 2.29. The van der Waals surface area contributed by atoms with Gasteiger partial charge in [0.1, 0.15) is 5.75 Å². The summed E-state index contributed by atoms with van der Waals surface area (Å²) in [5, 5.41) is 6.88. The van der Waals surface area contributed by atoms with E-state index in [4.69, 9.17) is 4.74 Å². The van der Waals surface area contributed by atoms with Crippen LogP contribution >= 0.6 is 24.0 Å². The molecule has 7 heteroatoms. The van der Waals surface area contributed by atoms with Crippen LogP contribution in [0.2, 0.25) is 0 Å². The van der Waals surface area contributed by atoms with Crippen molar-refractivity contribution in [2.24, 2.45) is 10.9 Å². The molecular weight excluding hydrogens is 515 g/mol. The summed E-state index contributed by atoms with van der Waals surface area (Å²) in [5.41, 5.74) is 2.53. The number of likely N-dealkylation sites (tertiary alicyclic amines) is 1. The maximum Gasteiger partial charge on any atom is 0.223 e. The second-order valence-electron chi connectivity index (χ2n) is 8.35. The minimum absolute atomic E-state index is 0. The average molecular weight is 548 g/mol. The second kappa shape index (κ2) is 12.1. The summed E-state index contributed by atoms with van der Waals surface area (Å²) in [7, 11) is 1.79. The number of para-hydroxylation sites is 1. The van der Waals surface area contributed by atoms with E-state index in [1.54, 1.807) is 7.05 Å². The molecular formula is C25H33IN4O2. The van der Waals surface area contributed by atoms with Gasteiger partial charge in [0.05, 0.1) is 6.61 Å². The largest absolute Gasteiger partial charge is 0.493 e. The second-order valence-corrected chi connectivity index (χ2v) is 8.35. The number of hydrogen-bond donors (Lipinski definition) is 2. The number of aliphatic imine (C=N–C) groups is 1. The van der Waals surface area contributed by atoms with E-state index in [2.05, 4.69) is 39.9 Å². The third-order valence-electron chi connectivity index (χ3n) is 6.19. The number of halogens is 1. The molecule has 32 heavy (non-hydrogen) atoms. The first-order valence-electron chi connectivity index (χ1n) is 11.2. The first-order valence-corrected chi connectivity index (χ1v) is 11.2. The number of nitrogens with zero attached hydrogens (tertiary/aromatic N) is 2. The molecule has 172 valence electrons. The molecule has 0 saturated carbocycles. The van der Waals surface area contributed by atoms with Crippen molar-refractivity contribution >= 4 is 35.8 Å². The maximum atomic E-state index is 12.4. The fraction of sp³-hybridized carbons (Fsp3) is 0.440. The summed E-state index contributed by atoms with van der Waals surface area (Å²) < 4.78 is 5.76. The Kier molecular flexibility index (Phi) is 9.20. The van der Waals surface area contributed by atoms with E-state index in [1.165, 1.54) is 11.1 Å². The molecule has 0 spiro atoms. The minimum Gasteiger partial charge on any atom is -0.493 e. The number of amides is 1. The Morgan fingerprint density at radius 2 is 1.84 bits per heavy atom. The molecule has 1 fully saturated rings. The number of carbonyl (C=O) groups is 1. The summed E-state index contributed by atoms with van der Waals surface area (Å²) in [5.74, 6) is 2.75. The van der Waals surface area contributed by atoms with Gasteiger partial charge in [-0.3, -0.25) is 9.79 Å². The van der Waals surface area contributed by atoms with Crippen LogP contribution in [0.3, 0.4) is 0 Å². The molecule has 2 atom stereocenters. The first-order chi connectivity index (χ1) is 15.2. The van der Waals surface area contributed by atoms with Crippen molar-refractivity contribution in [1.82, 2.24) is 15.5 Å². The van der Waals surface area contributed by atoms with E-state index < -0.39 is 0 Å². The van der Waals surface area contributed by atoms with Crippen molar-refractivity contribution in [3.8, 4) is 5.75 Å². The van der Waals surface area contributed by atoms with Crippen LogP contribution in [0.4, 0.5) is 0 Å². The van der Waals surface area contributed by atoms with E-state index in [9.17, 15) is 4.79 Å². The van der Waals surface area contributed by atoms with Crippen molar-refractivity contribution in [2.75, 3.05) is 39.8 Å². The summed E-state index contributed by atoms with van der Waals surface area (Å²) in [6.07, 6.45) is 2.50. The topological polar surface area (TPSA) is 66.0 Å². The lowest BCUT2D eigenvalue weighted by molar-refractivity contribution is -0.127. The fourth-order valence-electron chi connectivity index (χ4n) is 4.42. The molecule has 2 N–H and O–H groups in total. The number of fused-ring (bicyclic) bond motifs is 1. The van der Waals surface area contributed by atoms with Gasteiger partial charge in [0, 0.05) is 51.5 Å². The van der Waals surface area contributed by atoms with Crippen LogP contribution in [0.25, 0.3) is 0 Å². The number of hydrogen-bond acceptors (Lipinski definition) is 3. The quantitative estimate of drug-likeness (QED) is 0.316. The molecule has 0 aromatic heterocycles. The monoisotopic (exact) mass is 548 g/mol. The summed E-state index contributed by atoms with van der Waals surface area (Å²) >= 11 is 0. The lowest BCUT2D eigenvalue weighted by Crippen LogP contribution is -2.42. The van der Waals surface area contributed by atoms with Crippen molar-refractivity contribution in [3.63, 3.8) is 0 Å². The summed E-state index contributed by atoms with van der Waals surface area (Å²) in [6, 6.07) is 18.6. The number of benzene rings is 2. The van der Waals surface area contributed by atoms with Crippen LogP contribution in [0.5, 0.6) is 5.75 Å². The van der Waals surface area contributed by atoms with E-state index in [-0.39, 0.29) is 29.9 Å². The highest BCUT2D eigenvalue weighted by molar-refractivity contribution is 14.0. The summed E-state index contributed by atoms with van der Waals surface area (Å²) in [4.78, 5) is 18.8. The Morgan fingerprint density at radius 1 is 1.09 bits per heavy atom. The predicted octanol–water partition coefficient (Wildman–Crippen LogP) is 3.43. The van der Waals surface area contributed by atoms with Crippen molar-refractivity contribution < 1.29 is 9.53 Å². The molecule has 1 amide bonds. The highest BCUT2D eigenvalue weighted by atomic mass is 127. The number of nitrogens with one attached hydrogen (secondary N) is 2. The Bertz CT molecular complexity index is 906. The molecule has 0 aliphatic carbocycles. The van der Waals surface area contributed by atoms with Gasteiger partial charge < -0.3 is 20.3 Å². The van der Waals surface area contributed by atoms with Gasteiger partial charge in [-0.2, -0.15) is 0 Å². The van der Waals surface area contributed by atoms with Gasteiger partial charge in [0.15, 0.2) is 5.96 Å². The molecule has 6 nitrogen and oxygen atoms in total. The molecule has 4 rings (SSSR count). The van der Waals surface area contributed by atoms with E-state index in [0.29, 0.717) is 18.3 Å². The van der Waals surface area contributed by atoms with Crippen LogP contribution in [-0.4, -0.2) is 56.6 Å². The molecule has 2 aromatic rings. The lowest BCUT2D eigenvalue weighted by Gasteiger charge is -2.26. The minimum atomic E-state index is 0. The van der Waals surface area contributed by atoms with Gasteiger partial charge in [-0.1, -0.05) is 48.5 Å². The zero-order valence-corrected chi connectivity index (χ0v) is 21.0. The highest BCUT2D eigenvalue weighted by Crippen LogP contribution is 2.32. The zero-order chi connectivity index (χ0) is 21.5. The SMILES string of the molecule is CN=C(NCC1CC(=O)N(CCc2ccccc2)C1)NCC1CCOc2ccccc21.I. The number of guanidine groups is 1. The van der Waals surface area contributed by atoms with Gasteiger partial charge in [-0.05, 0) is 30.0 Å². The zero-order valence-electron chi connectivity index (χ0n) is 18.6. The molecule has 2 aliphatic heterocycles. The smallest absolute Gasteiger partial charge is 0.223 e. The van der Waals surface area contributed by atoms with Gasteiger partial charge in [0.25, 0.3) is 0 Å². The number of rotatable bonds is 7. The van der Waals surface area contributed by atoms with Crippen LogP contribution in [0.15, 0.2) is 59.6 Å². The molecule has 2 aliphatic rings. The Balaban J connectivity index is 0.00000289. The third kappa shape index (κ3) is 6.37. The van der Waals surface area contributed by atoms with Gasteiger partial charge in [0.2, 0.25) is 5.91 Å². The van der Waals surface area contributed by atoms with Crippen LogP contribution in [0, 0.1) is 5.92 Å². The maximum absolute atomic E-state index is 12.4. The van der Waals surface area contributed by atoms with Crippen LogP contribution in [0.1, 0.15) is 29.9 Å². The van der Waals surface area contributed by atoms with E-state index >= 15 is 0 Å². The van der Waals surface area contributed by atoms with Crippen LogP contribution in [-0.2, 0) is 11.2 Å². The molecule has 0 bridgehead atoms. The standard InChI is InChI=1S/C25H32N4O2.HI/c1-26-25(28-17-21-12-14-31-23-10-6-5-9-22(21)23)27-16-20-15-24(30)29(18-20)13-11-19-7-3-2-4-8-19;/h2-10,20-21H,11-18H2,1H3,(H2,26,27,28);1H. The Labute approximate surface area is 207 Å². The van der Waals surface area contributed by atoms with Gasteiger partial charge in [-0.15, -0.1) is 24.0 Å². The summed E-state index contributed by atoms with van der Waals surface area (Å²) in [6.45, 7) is 3.90. The van der Waals surface area contributed by atoms with Crippen molar-refractivity contribution in [2.45, 2.75) is 25.2 Å². The predicted molar refractivity (Wildman–Crippen MR) is 139 cm³/mol. The van der Waals surface area contributed by atoms with Gasteiger partial charge >= 0.3 is 0 Å². The normalized spacial score (nSPS) is 20.2. The Morgan fingerprint density at radius 3 is 2.66 bits per heavy atom. The lowest BCUT2D eigenvalue weighted by atomic mass is 9.93. The molecule has 0 radical (unpaired) electrons. The van der Waals surface area contributed by atoms with E-state index in [1.807, 2.05) is 35.2 Å². The molecule has 2 unspecified atom stereocenters. The number of ether oxygens (including phenoxy) is 1.